The summed E-state index contributed by atoms with van der Waals surface area (Å²) in [6, 6.07) is 20.4. The number of nitrogens with zero attached hydrogens (tertiary/aromatic N) is 3. The van der Waals surface area contributed by atoms with Crippen LogP contribution in [0.1, 0.15) is 117 Å². The Balaban J connectivity index is 0.847. The van der Waals surface area contributed by atoms with Crippen molar-refractivity contribution in [1.82, 2.24) is 30.7 Å². The lowest BCUT2D eigenvalue weighted by Crippen LogP contribution is -2.61. The highest BCUT2D eigenvalue weighted by atomic mass is 32.1. The van der Waals surface area contributed by atoms with Gasteiger partial charge in [0.25, 0.3) is 23.6 Å². The molecule has 5 aromatic rings. The van der Waals surface area contributed by atoms with Crippen molar-refractivity contribution in [1.29, 1.82) is 0 Å². The molecule has 4 atom stereocenters. The summed E-state index contributed by atoms with van der Waals surface area (Å²) in [7, 11) is -5.87. The number of amides is 8. The van der Waals surface area contributed by atoms with Gasteiger partial charge in [-0.2, -0.15) is 8.78 Å². The van der Waals surface area contributed by atoms with Gasteiger partial charge in [-0.25, -0.2) is 0 Å². The number of nitrogens with one attached hydrogen (secondary N) is 3. The van der Waals surface area contributed by atoms with Crippen molar-refractivity contribution < 1.29 is 71.0 Å². The lowest BCUT2D eigenvalue weighted by molar-refractivity contribution is -0.153. The van der Waals surface area contributed by atoms with Crippen LogP contribution in [-0.2, 0) is 51.9 Å². The Labute approximate surface area is 462 Å². The summed E-state index contributed by atoms with van der Waals surface area (Å²) >= 11 is 0.939. The molecule has 4 aliphatic heterocycles. The van der Waals surface area contributed by atoms with Crippen LogP contribution in [-0.4, -0.2) is 123 Å². The van der Waals surface area contributed by atoms with E-state index >= 15 is 4.79 Å². The molecule has 0 saturated carbocycles. The van der Waals surface area contributed by atoms with Crippen LogP contribution >= 0.6 is 18.9 Å². The highest BCUT2D eigenvalue weighted by molar-refractivity contribution is 7.52. The molecule has 80 heavy (non-hydrogen) atoms. The van der Waals surface area contributed by atoms with E-state index in [4.69, 9.17) is 9.47 Å². The second-order valence-electron chi connectivity index (χ2n) is 21.0. The summed E-state index contributed by atoms with van der Waals surface area (Å²) in [4.78, 5) is 130. The van der Waals surface area contributed by atoms with Crippen molar-refractivity contribution >= 4 is 76.3 Å². The molecule has 418 valence electrons. The average Bonchev–Trinajstić information content (AvgIpc) is 4.14. The molecule has 23 heteroatoms. The van der Waals surface area contributed by atoms with Crippen LogP contribution < -0.4 is 20.7 Å². The molecule has 2 unspecified atom stereocenters. The number of hydrogen-bond donors (Lipinski definition) is 5. The molecule has 5 N–H and O–H groups in total. The molecule has 1 aromatic heterocycles. The SMILES string of the molecule is CC(C)(C)[C@H](NC(=O)c1cc2cc(C(F)(F)P(=O)(O)O)ccc2s1)C(=O)N1Cc2cc(OCC(=O)NCCCCC#Cc3cccc4c3C(=O)N(C3CCC(=O)NC3=O)C4=O)ccc2C[C@H]1C(=O)N1CCOC(c2ccccc2)C1. The fourth-order valence-electron chi connectivity index (χ4n) is 10.1. The Hall–Kier alpha value is -7.67. The van der Waals surface area contributed by atoms with Gasteiger partial charge >= 0.3 is 13.3 Å². The fourth-order valence-corrected chi connectivity index (χ4v) is 11.5. The van der Waals surface area contributed by atoms with Crippen LogP contribution in [0.2, 0.25) is 0 Å². The number of rotatable bonds is 15. The molecule has 0 bridgehead atoms. The number of piperidine rings is 1. The molecule has 0 aliphatic carbocycles. The molecule has 4 aromatic carbocycles. The van der Waals surface area contributed by atoms with Gasteiger partial charge in [0.1, 0.15) is 30.0 Å². The molecule has 0 radical (unpaired) electrons. The van der Waals surface area contributed by atoms with Gasteiger partial charge in [0.2, 0.25) is 23.6 Å². The summed E-state index contributed by atoms with van der Waals surface area (Å²) < 4.78 is 53.3. The highest BCUT2D eigenvalue weighted by Gasteiger charge is 2.51. The van der Waals surface area contributed by atoms with E-state index in [1.54, 1.807) is 56.0 Å². The van der Waals surface area contributed by atoms with Crippen molar-refractivity contribution in [2.45, 2.75) is 95.7 Å². The first-order valence-electron chi connectivity index (χ1n) is 25.9. The molecule has 5 heterocycles. The quantitative estimate of drug-likeness (QED) is 0.0352. The molecule has 0 spiro atoms. The number of carbonyl (C=O) groups excluding carboxylic acids is 8. The first kappa shape index (κ1) is 57.0. The lowest BCUT2D eigenvalue weighted by atomic mass is 9.84. The van der Waals surface area contributed by atoms with Gasteiger partial charge in [-0.3, -0.25) is 53.1 Å². The average molecular weight is 1140 g/mol. The maximum absolute atomic E-state index is 15.1. The van der Waals surface area contributed by atoms with E-state index in [2.05, 4.69) is 27.8 Å². The van der Waals surface area contributed by atoms with E-state index in [9.17, 15) is 56.7 Å². The smallest absolute Gasteiger partial charge is 0.399 e. The zero-order valence-electron chi connectivity index (χ0n) is 43.8. The molecule has 4 aliphatic rings. The van der Waals surface area contributed by atoms with Crippen LogP contribution in [0, 0.1) is 17.3 Å². The second kappa shape index (κ2) is 23.2. The minimum absolute atomic E-state index is 0.00420. The summed E-state index contributed by atoms with van der Waals surface area (Å²) in [6.07, 6.45) is 1.28. The van der Waals surface area contributed by atoms with Crippen molar-refractivity contribution in [3.8, 4) is 17.6 Å². The molecular weight excluding hydrogens is 1080 g/mol. The highest BCUT2D eigenvalue weighted by Crippen LogP contribution is 2.59. The lowest BCUT2D eigenvalue weighted by Gasteiger charge is -2.43. The Kier molecular flexibility index (Phi) is 16.5. The van der Waals surface area contributed by atoms with E-state index in [0.29, 0.717) is 47.4 Å². The number of ether oxygens (including phenoxy) is 2. The Morgan fingerprint density at radius 1 is 0.938 bits per heavy atom. The summed E-state index contributed by atoms with van der Waals surface area (Å²) in [6.45, 7) is 5.87. The van der Waals surface area contributed by atoms with Crippen molar-refractivity contribution in [2.75, 3.05) is 32.8 Å². The molecule has 19 nitrogen and oxygen atoms in total. The summed E-state index contributed by atoms with van der Waals surface area (Å²) in [5.41, 5.74) is -3.48. The zero-order valence-corrected chi connectivity index (χ0v) is 45.5. The third-order valence-corrected chi connectivity index (χ3v) is 16.5. The van der Waals surface area contributed by atoms with Gasteiger partial charge in [-0.15, -0.1) is 11.3 Å². The van der Waals surface area contributed by atoms with Gasteiger partial charge in [-0.05, 0) is 89.2 Å². The maximum Gasteiger partial charge on any atom is 0.399 e. The monoisotopic (exact) mass is 1130 g/mol. The standard InChI is InChI=1S/C57H57F2N6O13PS/c1-56(2,3)49(62-51(69)45-29-36-26-38(18-21-44(36)80-45)57(58,59)79(74,75)76)55(73)64-30-37-27-39(19-17-35(37)28-42(64)53(71)63-24-25-77-43(31-63)33-12-8-6-9-13-33)78-32-47(67)60-23-10-5-4-7-14-34-15-11-16-40-48(34)54(72)65(52(40)70)41-20-22-46(66)61-50(41)68/h6,8-9,11-13,15-19,21,26-27,29,41-43,49H,4-5,10,20,22-25,28,30-32H2,1-3H3,(H,60,67)(H,62,69)(H,61,66,68)(H2,74,75,76)/t41?,42-,43?,49+/m0/s1. The minimum Gasteiger partial charge on any atom is -0.484 e. The van der Waals surface area contributed by atoms with E-state index in [0.717, 1.165) is 39.5 Å². The molecule has 8 amide bonds. The largest absolute Gasteiger partial charge is 0.484 e. The van der Waals surface area contributed by atoms with Crippen LogP contribution in [0.4, 0.5) is 8.78 Å². The molecule has 2 saturated heterocycles. The number of fused-ring (bicyclic) bond motifs is 3. The van der Waals surface area contributed by atoms with Gasteiger partial charge in [0.05, 0.1) is 29.2 Å². The second-order valence-corrected chi connectivity index (χ2v) is 23.7. The number of thiophene rings is 1. The van der Waals surface area contributed by atoms with Crippen molar-refractivity contribution in [2.24, 2.45) is 5.41 Å². The number of morpholine rings is 1. The van der Waals surface area contributed by atoms with Gasteiger partial charge in [-0.1, -0.05) is 81.1 Å². The number of halogens is 2. The molecule has 9 rings (SSSR count). The number of carbonyl (C=O) groups is 8. The number of alkyl halides is 2. The van der Waals surface area contributed by atoms with E-state index in [1.807, 2.05) is 30.3 Å². The number of imide groups is 2. The summed E-state index contributed by atoms with van der Waals surface area (Å²) in [5.74, 6) is 1.87. The molecular formula is C57H57F2N6O13PS. The van der Waals surface area contributed by atoms with E-state index in [-0.39, 0.29) is 79.4 Å². The normalized spacial score (nSPS) is 18.9. The zero-order chi connectivity index (χ0) is 57.3. The maximum atomic E-state index is 15.1. The number of unbranched alkanes of at least 4 members (excludes halogenated alkanes) is 2. The predicted molar refractivity (Wildman–Crippen MR) is 287 cm³/mol. The Morgan fingerprint density at radius 2 is 1.71 bits per heavy atom. The fraction of sp³-hybridized carbons (Fsp3) is 0.368. The van der Waals surface area contributed by atoms with Gasteiger partial charge in [0.15, 0.2) is 6.61 Å². The number of benzene rings is 4. The Morgan fingerprint density at radius 3 is 2.45 bits per heavy atom. The van der Waals surface area contributed by atoms with Crippen molar-refractivity contribution in [3.05, 3.63) is 135 Å². The van der Waals surface area contributed by atoms with Crippen LogP contribution in [0.15, 0.2) is 91.0 Å². The Bertz CT molecular complexity index is 3440. The van der Waals surface area contributed by atoms with Crippen molar-refractivity contribution in [3.63, 3.8) is 0 Å². The van der Waals surface area contributed by atoms with Crippen LogP contribution in [0.5, 0.6) is 5.75 Å². The third-order valence-electron chi connectivity index (χ3n) is 14.4. The third kappa shape index (κ3) is 12.1. The first-order chi connectivity index (χ1) is 38.0. The molecule has 2 fully saturated rings. The van der Waals surface area contributed by atoms with Gasteiger partial charge < -0.3 is 39.7 Å². The van der Waals surface area contributed by atoms with Crippen LogP contribution in [0.25, 0.3) is 10.1 Å². The topological polar surface area (TPSA) is 258 Å². The van der Waals surface area contributed by atoms with Gasteiger partial charge in [0, 0.05) is 54.7 Å². The van der Waals surface area contributed by atoms with E-state index in [1.165, 1.54) is 23.1 Å². The first-order valence-corrected chi connectivity index (χ1v) is 28.3. The predicted octanol–water partition coefficient (Wildman–Crippen LogP) is 5.94. The summed E-state index contributed by atoms with van der Waals surface area (Å²) in [5, 5.41) is 7.98. The number of hydrogen-bond acceptors (Lipinski definition) is 12. The van der Waals surface area contributed by atoms with Crippen LogP contribution in [0.3, 0.4) is 0 Å². The minimum atomic E-state index is -5.87. The van der Waals surface area contributed by atoms with E-state index < -0.39 is 89.8 Å².